The first-order valence-corrected chi connectivity index (χ1v) is 11.2. The van der Waals surface area contributed by atoms with E-state index in [9.17, 15) is 8.42 Å². The summed E-state index contributed by atoms with van der Waals surface area (Å²) >= 11 is 0. The van der Waals surface area contributed by atoms with Gasteiger partial charge >= 0.3 is 0 Å². The molecule has 0 saturated carbocycles. The molecule has 0 aliphatic carbocycles. The van der Waals surface area contributed by atoms with Crippen molar-refractivity contribution >= 4 is 31.8 Å². The normalized spacial score (nSPS) is 13.1. The lowest BCUT2D eigenvalue weighted by atomic mass is 9.96. The van der Waals surface area contributed by atoms with E-state index in [0.29, 0.717) is 11.0 Å². The molecule has 0 amide bonds. The van der Waals surface area contributed by atoms with E-state index < -0.39 is 10.0 Å². The molecule has 0 saturated heterocycles. The Hall–Kier alpha value is -3.38. The van der Waals surface area contributed by atoms with Crippen LogP contribution in [0.5, 0.6) is 0 Å². The summed E-state index contributed by atoms with van der Waals surface area (Å²) in [5.74, 6) is 0.118. The molecule has 30 heavy (non-hydrogen) atoms. The van der Waals surface area contributed by atoms with Crippen molar-refractivity contribution in [3.8, 4) is 0 Å². The molecule has 0 aliphatic heterocycles. The van der Waals surface area contributed by atoms with Gasteiger partial charge in [-0.05, 0) is 42.8 Å². The van der Waals surface area contributed by atoms with Crippen LogP contribution in [0.2, 0.25) is 0 Å². The molecular weight excluding hydrogens is 394 g/mol. The number of hydrogen-bond acceptors (Lipinski definition) is 3. The Kier molecular flexibility index (Phi) is 4.25. The van der Waals surface area contributed by atoms with Gasteiger partial charge in [-0.15, -0.1) is 0 Å². The Bertz CT molecular complexity index is 1460. The van der Waals surface area contributed by atoms with Crippen LogP contribution in [0.1, 0.15) is 29.7 Å². The highest BCUT2D eigenvalue weighted by atomic mass is 32.2. The molecule has 0 aliphatic rings. The molecule has 3 aromatic carbocycles. The average Bonchev–Trinajstić information content (AvgIpc) is 3.40. The molecular formula is C24H21N3O2S. The number of H-pyrrole nitrogens is 1. The molecule has 5 rings (SSSR count). The molecule has 0 fully saturated rings. The number of benzene rings is 3. The van der Waals surface area contributed by atoms with Crippen molar-refractivity contribution in [1.82, 2.24) is 13.9 Å². The van der Waals surface area contributed by atoms with E-state index in [1.807, 2.05) is 61.7 Å². The smallest absolute Gasteiger partial charge is 0.268 e. The highest BCUT2D eigenvalue weighted by Gasteiger charge is 2.23. The molecule has 5 aromatic rings. The third-order valence-electron chi connectivity index (χ3n) is 5.70. The standard InChI is InChI=1S/C24H21N3O2S/c1-16-7-10-19(11-8-16)30(28,29)27-23-6-4-3-5-20(23)21-13-18(9-12-24(21)27)17(2)22-14-25-15-26-22/h3-15,17H,1-2H3,(H,25,26). The van der Waals surface area contributed by atoms with E-state index in [1.54, 1.807) is 18.5 Å². The second-order valence-corrected chi connectivity index (χ2v) is 9.39. The summed E-state index contributed by atoms with van der Waals surface area (Å²) in [6.45, 7) is 4.05. The molecule has 1 atom stereocenters. The third kappa shape index (κ3) is 2.83. The van der Waals surface area contributed by atoms with Crippen molar-refractivity contribution in [2.75, 3.05) is 0 Å². The monoisotopic (exact) mass is 415 g/mol. The van der Waals surface area contributed by atoms with E-state index in [0.717, 1.165) is 27.6 Å². The first-order chi connectivity index (χ1) is 14.5. The molecule has 0 radical (unpaired) electrons. The van der Waals surface area contributed by atoms with E-state index >= 15 is 0 Å². The fourth-order valence-electron chi connectivity index (χ4n) is 3.98. The summed E-state index contributed by atoms with van der Waals surface area (Å²) in [6.07, 6.45) is 3.49. The number of aromatic nitrogens is 3. The minimum absolute atomic E-state index is 0.118. The summed E-state index contributed by atoms with van der Waals surface area (Å²) in [5, 5.41) is 1.84. The second-order valence-electron chi connectivity index (χ2n) is 7.60. The van der Waals surface area contributed by atoms with Gasteiger partial charge < -0.3 is 4.98 Å². The van der Waals surface area contributed by atoms with Crippen LogP contribution < -0.4 is 0 Å². The van der Waals surface area contributed by atoms with Gasteiger partial charge in [0.15, 0.2) is 0 Å². The summed E-state index contributed by atoms with van der Waals surface area (Å²) in [5.41, 5.74) is 4.50. The highest BCUT2D eigenvalue weighted by Crippen LogP contribution is 2.35. The number of aromatic amines is 1. The zero-order valence-corrected chi connectivity index (χ0v) is 17.5. The second kappa shape index (κ2) is 6.85. The molecule has 5 nitrogen and oxygen atoms in total. The lowest BCUT2D eigenvalue weighted by Gasteiger charge is -2.12. The first kappa shape index (κ1) is 18.6. The number of rotatable bonds is 4. The Morgan fingerprint density at radius 3 is 2.40 bits per heavy atom. The highest BCUT2D eigenvalue weighted by molar-refractivity contribution is 7.90. The lowest BCUT2D eigenvalue weighted by Crippen LogP contribution is -2.12. The Labute approximate surface area is 175 Å². The number of nitrogens with one attached hydrogen (secondary N) is 1. The van der Waals surface area contributed by atoms with E-state index in [4.69, 9.17) is 0 Å². The Balaban J connectivity index is 1.77. The number of aryl methyl sites for hydroxylation is 1. The van der Waals surface area contributed by atoms with Crippen LogP contribution in [0, 0.1) is 6.92 Å². The van der Waals surface area contributed by atoms with Gasteiger partial charge in [-0.1, -0.05) is 48.9 Å². The van der Waals surface area contributed by atoms with Crippen LogP contribution in [0.25, 0.3) is 21.8 Å². The summed E-state index contributed by atoms with van der Waals surface area (Å²) in [7, 11) is -3.74. The Morgan fingerprint density at radius 1 is 0.933 bits per heavy atom. The van der Waals surface area contributed by atoms with E-state index in [2.05, 4.69) is 23.0 Å². The maximum absolute atomic E-state index is 13.6. The van der Waals surface area contributed by atoms with Gasteiger partial charge in [0.1, 0.15) is 0 Å². The van der Waals surface area contributed by atoms with Crippen LogP contribution >= 0.6 is 0 Å². The quantitative estimate of drug-likeness (QED) is 0.438. The molecule has 1 unspecified atom stereocenters. The van der Waals surface area contributed by atoms with Crippen molar-refractivity contribution in [3.05, 3.63) is 96.1 Å². The summed E-state index contributed by atoms with van der Waals surface area (Å²) < 4.78 is 28.6. The number of hydrogen-bond donors (Lipinski definition) is 1. The van der Waals surface area contributed by atoms with Crippen LogP contribution in [-0.2, 0) is 10.0 Å². The predicted molar refractivity (Wildman–Crippen MR) is 119 cm³/mol. The van der Waals surface area contributed by atoms with Crippen LogP contribution in [0.3, 0.4) is 0 Å². The molecule has 6 heteroatoms. The molecule has 0 spiro atoms. The summed E-state index contributed by atoms with van der Waals surface area (Å²) in [4.78, 5) is 7.57. The van der Waals surface area contributed by atoms with Crippen LogP contribution in [0.4, 0.5) is 0 Å². The number of fused-ring (bicyclic) bond motifs is 3. The Morgan fingerprint density at radius 2 is 1.67 bits per heavy atom. The van der Waals surface area contributed by atoms with Gasteiger partial charge in [0, 0.05) is 28.6 Å². The van der Waals surface area contributed by atoms with Gasteiger partial charge in [-0.25, -0.2) is 17.4 Å². The molecule has 150 valence electrons. The van der Waals surface area contributed by atoms with Gasteiger partial charge in [-0.2, -0.15) is 0 Å². The van der Waals surface area contributed by atoms with Crippen molar-refractivity contribution in [2.24, 2.45) is 0 Å². The zero-order valence-electron chi connectivity index (χ0n) is 16.7. The summed E-state index contributed by atoms with van der Waals surface area (Å²) in [6, 6.07) is 20.6. The molecule has 2 heterocycles. The maximum Gasteiger partial charge on any atom is 0.268 e. The van der Waals surface area contributed by atoms with Crippen molar-refractivity contribution < 1.29 is 8.42 Å². The van der Waals surface area contributed by atoms with Gasteiger partial charge in [-0.3, -0.25) is 0 Å². The largest absolute Gasteiger partial charge is 0.348 e. The van der Waals surface area contributed by atoms with Gasteiger partial charge in [0.05, 0.1) is 22.3 Å². The van der Waals surface area contributed by atoms with E-state index in [1.165, 1.54) is 3.97 Å². The van der Waals surface area contributed by atoms with E-state index in [-0.39, 0.29) is 10.8 Å². The zero-order chi connectivity index (χ0) is 20.9. The molecule has 1 N–H and O–H groups in total. The lowest BCUT2D eigenvalue weighted by molar-refractivity contribution is 0.590. The van der Waals surface area contributed by atoms with Crippen molar-refractivity contribution in [1.29, 1.82) is 0 Å². The minimum Gasteiger partial charge on any atom is -0.348 e. The number of imidazole rings is 1. The predicted octanol–water partition coefficient (Wildman–Crippen LogP) is 5.21. The topological polar surface area (TPSA) is 67.8 Å². The SMILES string of the molecule is Cc1ccc(S(=O)(=O)n2c3ccccc3c3cc(C(C)c4cnc[nH]4)ccc32)cc1. The fraction of sp³-hybridized carbons (Fsp3) is 0.125. The fourth-order valence-corrected chi connectivity index (χ4v) is 5.51. The van der Waals surface area contributed by atoms with Crippen molar-refractivity contribution in [3.63, 3.8) is 0 Å². The van der Waals surface area contributed by atoms with Crippen molar-refractivity contribution in [2.45, 2.75) is 24.7 Å². The maximum atomic E-state index is 13.6. The van der Waals surface area contributed by atoms with Crippen LogP contribution in [-0.4, -0.2) is 22.4 Å². The molecule has 0 bridgehead atoms. The molecule has 2 aromatic heterocycles. The number of nitrogens with zero attached hydrogens (tertiary/aromatic N) is 2. The third-order valence-corrected chi connectivity index (χ3v) is 7.44. The average molecular weight is 416 g/mol. The van der Waals surface area contributed by atoms with Crippen LogP contribution in [0.15, 0.2) is 84.1 Å². The minimum atomic E-state index is -3.74. The van der Waals surface area contributed by atoms with Gasteiger partial charge in [0.25, 0.3) is 10.0 Å². The van der Waals surface area contributed by atoms with Gasteiger partial charge in [0.2, 0.25) is 0 Å². The first-order valence-electron chi connectivity index (χ1n) is 9.80. The number of para-hydroxylation sites is 1.